The summed E-state index contributed by atoms with van der Waals surface area (Å²) >= 11 is 0. The number of piperazine rings is 1. The quantitative estimate of drug-likeness (QED) is 0.873. The number of carbonyl (C=O) groups is 1. The average Bonchev–Trinajstić information content (AvgIpc) is 2.41. The summed E-state index contributed by atoms with van der Waals surface area (Å²) in [5, 5.41) is 2.69. The molecule has 0 spiro atoms. The Morgan fingerprint density at radius 1 is 1.50 bits per heavy atom. The predicted octanol–water partition coefficient (Wildman–Crippen LogP) is 1.75. The molecule has 0 bridgehead atoms. The van der Waals surface area contributed by atoms with Crippen LogP contribution in [0, 0.1) is 5.82 Å². The standard InChI is InChI=1S/C11H14FN3O.C2H6/c1-2-8-5-9(12)11(14-6-8)15-4-3-13-10(16)7-15;1-2/h5-6H,2-4,7H2,1H3,(H,13,16);1-2H3. The first-order valence-electron chi connectivity index (χ1n) is 6.36. The van der Waals surface area contributed by atoms with Crippen molar-refractivity contribution in [2.75, 3.05) is 24.5 Å². The van der Waals surface area contributed by atoms with E-state index in [1.807, 2.05) is 20.8 Å². The lowest BCUT2D eigenvalue weighted by molar-refractivity contribution is -0.120. The molecule has 0 aromatic carbocycles. The van der Waals surface area contributed by atoms with Crippen LogP contribution in [0.3, 0.4) is 0 Å². The monoisotopic (exact) mass is 253 g/mol. The van der Waals surface area contributed by atoms with Crippen molar-refractivity contribution in [3.63, 3.8) is 0 Å². The number of halogens is 1. The second-order valence-electron chi connectivity index (χ2n) is 3.77. The van der Waals surface area contributed by atoms with Gasteiger partial charge in [-0.2, -0.15) is 0 Å². The Labute approximate surface area is 107 Å². The number of nitrogens with one attached hydrogen (secondary N) is 1. The highest BCUT2D eigenvalue weighted by atomic mass is 19.1. The lowest BCUT2D eigenvalue weighted by Crippen LogP contribution is -2.48. The number of anilines is 1. The van der Waals surface area contributed by atoms with Crippen molar-refractivity contribution in [3.05, 3.63) is 23.6 Å². The van der Waals surface area contributed by atoms with Gasteiger partial charge in [-0.3, -0.25) is 4.79 Å². The number of aromatic nitrogens is 1. The molecule has 1 saturated heterocycles. The van der Waals surface area contributed by atoms with Crippen LogP contribution < -0.4 is 10.2 Å². The van der Waals surface area contributed by atoms with Crippen LogP contribution in [0.1, 0.15) is 26.3 Å². The van der Waals surface area contributed by atoms with Gasteiger partial charge in [0.1, 0.15) is 0 Å². The minimum Gasteiger partial charge on any atom is -0.353 e. The summed E-state index contributed by atoms with van der Waals surface area (Å²) in [7, 11) is 0. The smallest absolute Gasteiger partial charge is 0.239 e. The first-order valence-corrected chi connectivity index (χ1v) is 6.36. The van der Waals surface area contributed by atoms with Crippen LogP contribution in [0.2, 0.25) is 0 Å². The average molecular weight is 253 g/mol. The molecule has 0 aliphatic carbocycles. The fourth-order valence-corrected chi connectivity index (χ4v) is 1.72. The van der Waals surface area contributed by atoms with Gasteiger partial charge in [0.15, 0.2) is 11.6 Å². The Bertz CT molecular complexity index is 409. The molecular formula is C13H20FN3O. The van der Waals surface area contributed by atoms with Gasteiger partial charge in [0.25, 0.3) is 0 Å². The topological polar surface area (TPSA) is 45.2 Å². The van der Waals surface area contributed by atoms with Crippen molar-refractivity contribution in [3.8, 4) is 0 Å². The van der Waals surface area contributed by atoms with E-state index >= 15 is 0 Å². The summed E-state index contributed by atoms with van der Waals surface area (Å²) < 4.78 is 13.7. The fourth-order valence-electron chi connectivity index (χ4n) is 1.72. The zero-order valence-electron chi connectivity index (χ0n) is 11.2. The molecule has 1 fully saturated rings. The van der Waals surface area contributed by atoms with Gasteiger partial charge in [0.05, 0.1) is 6.54 Å². The Hall–Kier alpha value is -1.65. The number of pyridine rings is 1. The summed E-state index contributed by atoms with van der Waals surface area (Å²) in [6.45, 7) is 7.26. The largest absolute Gasteiger partial charge is 0.353 e. The van der Waals surface area contributed by atoms with E-state index < -0.39 is 0 Å². The van der Waals surface area contributed by atoms with Gasteiger partial charge in [-0.15, -0.1) is 0 Å². The number of aryl methyl sites for hydroxylation is 1. The first-order chi connectivity index (χ1) is 8.70. The third-order valence-electron chi connectivity index (χ3n) is 2.62. The van der Waals surface area contributed by atoms with E-state index in [4.69, 9.17) is 0 Å². The van der Waals surface area contributed by atoms with Gasteiger partial charge in [-0.1, -0.05) is 20.8 Å². The van der Waals surface area contributed by atoms with E-state index in [1.54, 1.807) is 11.1 Å². The zero-order chi connectivity index (χ0) is 13.5. The maximum atomic E-state index is 13.7. The normalized spacial score (nSPS) is 14.7. The maximum absolute atomic E-state index is 13.7. The number of amides is 1. The minimum atomic E-state index is -0.353. The molecule has 5 heteroatoms. The molecule has 1 aliphatic heterocycles. The summed E-state index contributed by atoms with van der Waals surface area (Å²) in [5.41, 5.74) is 0.864. The highest BCUT2D eigenvalue weighted by molar-refractivity contribution is 5.82. The highest BCUT2D eigenvalue weighted by Gasteiger charge is 2.20. The minimum absolute atomic E-state index is 0.0907. The number of hydrogen-bond acceptors (Lipinski definition) is 3. The molecule has 2 rings (SSSR count). The van der Waals surface area contributed by atoms with Crippen LogP contribution in [-0.4, -0.2) is 30.5 Å². The Balaban J connectivity index is 0.000000771. The number of hydrogen-bond donors (Lipinski definition) is 1. The van der Waals surface area contributed by atoms with E-state index in [-0.39, 0.29) is 24.1 Å². The molecule has 0 atom stereocenters. The Morgan fingerprint density at radius 2 is 2.22 bits per heavy atom. The molecule has 18 heavy (non-hydrogen) atoms. The molecule has 1 amide bonds. The molecule has 0 radical (unpaired) electrons. The summed E-state index contributed by atoms with van der Waals surface area (Å²) in [4.78, 5) is 16.9. The molecule has 1 N–H and O–H groups in total. The maximum Gasteiger partial charge on any atom is 0.239 e. The fraction of sp³-hybridized carbons (Fsp3) is 0.538. The van der Waals surface area contributed by atoms with E-state index in [0.717, 1.165) is 12.0 Å². The van der Waals surface area contributed by atoms with Crippen LogP contribution in [0.5, 0.6) is 0 Å². The number of carbonyl (C=O) groups excluding carboxylic acids is 1. The van der Waals surface area contributed by atoms with Gasteiger partial charge in [-0.05, 0) is 18.1 Å². The highest BCUT2D eigenvalue weighted by Crippen LogP contribution is 2.17. The van der Waals surface area contributed by atoms with Gasteiger partial charge in [-0.25, -0.2) is 9.37 Å². The third-order valence-corrected chi connectivity index (χ3v) is 2.62. The van der Waals surface area contributed by atoms with Crippen molar-refractivity contribution in [2.24, 2.45) is 0 Å². The second kappa shape index (κ2) is 6.93. The summed E-state index contributed by atoms with van der Waals surface area (Å²) in [6, 6.07) is 1.48. The number of rotatable bonds is 2. The lowest BCUT2D eigenvalue weighted by Gasteiger charge is -2.27. The molecule has 100 valence electrons. The van der Waals surface area contributed by atoms with E-state index in [2.05, 4.69) is 10.3 Å². The van der Waals surface area contributed by atoms with E-state index in [0.29, 0.717) is 13.1 Å². The van der Waals surface area contributed by atoms with Crippen molar-refractivity contribution < 1.29 is 9.18 Å². The predicted molar refractivity (Wildman–Crippen MR) is 70.1 cm³/mol. The lowest BCUT2D eigenvalue weighted by atomic mass is 10.2. The molecule has 1 aromatic heterocycles. The molecule has 1 aromatic rings. The molecule has 4 nitrogen and oxygen atoms in total. The SMILES string of the molecule is CC.CCc1cnc(N2CCNC(=O)C2)c(F)c1. The van der Waals surface area contributed by atoms with Crippen molar-refractivity contribution >= 4 is 11.7 Å². The summed E-state index contributed by atoms with van der Waals surface area (Å²) in [6.07, 6.45) is 2.41. The van der Waals surface area contributed by atoms with Crippen LogP contribution in [0.4, 0.5) is 10.2 Å². The van der Waals surface area contributed by atoms with Gasteiger partial charge < -0.3 is 10.2 Å². The molecule has 0 saturated carbocycles. The number of nitrogens with zero attached hydrogens (tertiary/aromatic N) is 2. The van der Waals surface area contributed by atoms with Gasteiger partial charge in [0.2, 0.25) is 5.91 Å². The van der Waals surface area contributed by atoms with Gasteiger partial charge >= 0.3 is 0 Å². The Kier molecular flexibility index (Phi) is 5.55. The molecule has 0 unspecified atom stereocenters. The third kappa shape index (κ3) is 3.42. The van der Waals surface area contributed by atoms with Crippen molar-refractivity contribution in [1.29, 1.82) is 0 Å². The zero-order valence-corrected chi connectivity index (χ0v) is 11.2. The Morgan fingerprint density at radius 3 is 2.78 bits per heavy atom. The van der Waals surface area contributed by atoms with E-state index in [1.165, 1.54) is 6.07 Å². The molecule has 1 aliphatic rings. The van der Waals surface area contributed by atoms with Crippen molar-refractivity contribution in [1.82, 2.24) is 10.3 Å². The van der Waals surface area contributed by atoms with Gasteiger partial charge in [0, 0.05) is 19.3 Å². The van der Waals surface area contributed by atoms with Crippen LogP contribution in [0.15, 0.2) is 12.3 Å². The van der Waals surface area contributed by atoms with Crippen molar-refractivity contribution in [2.45, 2.75) is 27.2 Å². The van der Waals surface area contributed by atoms with Crippen LogP contribution in [0.25, 0.3) is 0 Å². The van der Waals surface area contributed by atoms with E-state index in [9.17, 15) is 9.18 Å². The van der Waals surface area contributed by atoms with Crippen LogP contribution >= 0.6 is 0 Å². The molecule has 2 heterocycles. The van der Waals surface area contributed by atoms with Crippen LogP contribution in [-0.2, 0) is 11.2 Å². The first kappa shape index (κ1) is 14.4. The second-order valence-corrected chi connectivity index (χ2v) is 3.77. The summed E-state index contributed by atoms with van der Waals surface area (Å²) in [5.74, 6) is -0.173. The molecular weight excluding hydrogens is 233 g/mol.